The van der Waals surface area contributed by atoms with Crippen molar-refractivity contribution in [3.05, 3.63) is 40.7 Å². The van der Waals surface area contributed by atoms with Crippen molar-refractivity contribution < 1.29 is 9.53 Å². The fraction of sp³-hybridized carbons (Fsp3) is 0.333. The molecule has 1 atom stereocenters. The fourth-order valence-electron chi connectivity index (χ4n) is 1.79. The Bertz CT molecular complexity index is 544. The van der Waals surface area contributed by atoms with Gasteiger partial charge >= 0.3 is 5.97 Å². The van der Waals surface area contributed by atoms with Gasteiger partial charge in [-0.15, -0.1) is 10.2 Å². The van der Waals surface area contributed by atoms with Crippen LogP contribution in [0.15, 0.2) is 24.3 Å². The largest absolute Gasteiger partial charge is 0.466 e. The summed E-state index contributed by atoms with van der Waals surface area (Å²) >= 11 is 5.97. The molecular weight excluding hydrogens is 268 g/mol. The Balaban J connectivity index is 2.27. The van der Waals surface area contributed by atoms with Crippen molar-refractivity contribution in [1.82, 2.24) is 20.6 Å². The van der Waals surface area contributed by atoms with Crippen LogP contribution in [0.2, 0.25) is 5.02 Å². The van der Waals surface area contributed by atoms with Crippen LogP contribution in [0.25, 0.3) is 0 Å². The smallest absolute Gasteiger partial charge is 0.306 e. The Morgan fingerprint density at radius 1 is 1.53 bits per heavy atom. The zero-order valence-electron chi connectivity index (χ0n) is 10.3. The average Bonchev–Trinajstić information content (AvgIpc) is 2.90. The van der Waals surface area contributed by atoms with Crippen LogP contribution in [0, 0.1) is 0 Å². The van der Waals surface area contributed by atoms with Crippen LogP contribution in [0.5, 0.6) is 0 Å². The third-order valence-electron chi connectivity index (χ3n) is 2.60. The maximum absolute atomic E-state index is 11.7. The number of aromatic amines is 1. The van der Waals surface area contributed by atoms with Gasteiger partial charge in [0, 0.05) is 5.02 Å². The molecule has 0 aliphatic carbocycles. The van der Waals surface area contributed by atoms with Gasteiger partial charge in [0.15, 0.2) is 5.82 Å². The predicted octanol–water partition coefficient (Wildman–Crippen LogP) is 1.94. The van der Waals surface area contributed by atoms with E-state index in [1.807, 2.05) is 12.1 Å². The number of esters is 1. The molecule has 0 amide bonds. The highest BCUT2D eigenvalue weighted by Gasteiger charge is 2.23. The maximum Gasteiger partial charge on any atom is 0.306 e. The van der Waals surface area contributed by atoms with E-state index in [9.17, 15) is 4.79 Å². The minimum absolute atomic E-state index is 0.147. The molecule has 0 spiro atoms. The molecule has 19 heavy (non-hydrogen) atoms. The van der Waals surface area contributed by atoms with Crippen LogP contribution in [0.3, 0.4) is 0 Å². The van der Waals surface area contributed by atoms with Gasteiger partial charge < -0.3 is 4.74 Å². The number of ether oxygens (including phenoxy) is 1. The zero-order valence-corrected chi connectivity index (χ0v) is 11.1. The first-order valence-corrected chi connectivity index (χ1v) is 6.23. The Morgan fingerprint density at radius 3 is 3.00 bits per heavy atom. The summed E-state index contributed by atoms with van der Waals surface area (Å²) in [6.45, 7) is 2.11. The van der Waals surface area contributed by atoms with E-state index < -0.39 is 0 Å². The number of benzene rings is 1. The number of carbonyl (C=O) groups is 1. The summed E-state index contributed by atoms with van der Waals surface area (Å²) in [5, 5.41) is 14.4. The minimum atomic E-state index is -0.323. The van der Waals surface area contributed by atoms with Gasteiger partial charge in [0.1, 0.15) is 0 Å². The molecule has 1 heterocycles. The van der Waals surface area contributed by atoms with Crippen molar-refractivity contribution in [3.8, 4) is 0 Å². The molecule has 2 aromatic rings. The second-order valence-electron chi connectivity index (χ2n) is 3.89. The van der Waals surface area contributed by atoms with Gasteiger partial charge in [0.2, 0.25) is 0 Å². The molecule has 0 radical (unpaired) electrons. The number of hydrogen-bond donors (Lipinski definition) is 1. The maximum atomic E-state index is 11.7. The molecule has 0 aliphatic heterocycles. The average molecular weight is 281 g/mol. The first kappa shape index (κ1) is 13.5. The highest BCUT2D eigenvalue weighted by Crippen LogP contribution is 2.27. The van der Waals surface area contributed by atoms with Crippen LogP contribution < -0.4 is 0 Å². The molecule has 0 saturated heterocycles. The normalized spacial score (nSPS) is 12.1. The minimum Gasteiger partial charge on any atom is -0.466 e. The molecule has 1 aromatic heterocycles. The van der Waals surface area contributed by atoms with Crippen LogP contribution in [0.4, 0.5) is 0 Å². The number of hydrogen-bond acceptors (Lipinski definition) is 5. The summed E-state index contributed by atoms with van der Waals surface area (Å²) in [4.78, 5) is 11.7. The molecule has 0 saturated carbocycles. The molecule has 2 rings (SSSR count). The van der Waals surface area contributed by atoms with Gasteiger partial charge in [-0.1, -0.05) is 28.9 Å². The molecule has 0 aliphatic rings. The highest BCUT2D eigenvalue weighted by molar-refractivity contribution is 6.30. The lowest BCUT2D eigenvalue weighted by Gasteiger charge is -2.13. The number of tetrazole rings is 1. The molecule has 0 bridgehead atoms. The molecule has 1 aromatic carbocycles. The number of nitrogens with zero attached hydrogens (tertiary/aromatic N) is 3. The Kier molecular flexibility index (Phi) is 4.46. The molecule has 1 unspecified atom stereocenters. The van der Waals surface area contributed by atoms with Gasteiger partial charge in [-0.25, -0.2) is 0 Å². The van der Waals surface area contributed by atoms with E-state index in [4.69, 9.17) is 16.3 Å². The second kappa shape index (κ2) is 6.29. The molecule has 0 fully saturated rings. The van der Waals surface area contributed by atoms with Crippen molar-refractivity contribution in [2.24, 2.45) is 0 Å². The van der Waals surface area contributed by atoms with E-state index in [2.05, 4.69) is 20.6 Å². The number of rotatable bonds is 5. The van der Waals surface area contributed by atoms with Crippen LogP contribution in [0.1, 0.15) is 30.7 Å². The zero-order chi connectivity index (χ0) is 13.7. The summed E-state index contributed by atoms with van der Waals surface area (Å²) in [5.74, 6) is -0.191. The lowest BCUT2D eigenvalue weighted by atomic mass is 9.95. The third-order valence-corrected chi connectivity index (χ3v) is 2.84. The van der Waals surface area contributed by atoms with Crippen LogP contribution >= 0.6 is 11.6 Å². The Hall–Kier alpha value is -1.95. The van der Waals surface area contributed by atoms with Gasteiger partial charge in [-0.05, 0) is 24.6 Å². The van der Waals surface area contributed by atoms with E-state index in [1.165, 1.54) is 0 Å². The molecule has 100 valence electrons. The lowest BCUT2D eigenvalue weighted by molar-refractivity contribution is -0.143. The van der Waals surface area contributed by atoms with Crippen molar-refractivity contribution in [3.63, 3.8) is 0 Å². The standard InChI is InChI=1S/C12H13ClN4O2/c1-2-19-11(18)7-10(12-14-16-17-15-12)8-4-3-5-9(13)6-8/h3-6,10H,2,7H2,1H3,(H,14,15,16,17). The van der Waals surface area contributed by atoms with Gasteiger partial charge in [0.05, 0.1) is 18.9 Å². The lowest BCUT2D eigenvalue weighted by Crippen LogP contribution is -2.13. The highest BCUT2D eigenvalue weighted by atomic mass is 35.5. The molecule has 6 nitrogen and oxygen atoms in total. The summed E-state index contributed by atoms with van der Waals surface area (Å²) in [5.41, 5.74) is 0.849. The van der Waals surface area contributed by atoms with Crippen molar-refractivity contribution in [2.45, 2.75) is 19.3 Å². The first-order valence-electron chi connectivity index (χ1n) is 5.85. The van der Waals surface area contributed by atoms with E-state index in [0.29, 0.717) is 17.5 Å². The summed E-state index contributed by atoms with van der Waals surface area (Å²) < 4.78 is 4.96. The topological polar surface area (TPSA) is 80.8 Å². The summed E-state index contributed by atoms with van der Waals surface area (Å²) in [7, 11) is 0. The number of nitrogens with one attached hydrogen (secondary N) is 1. The fourth-order valence-corrected chi connectivity index (χ4v) is 1.98. The first-order chi connectivity index (χ1) is 9.20. The quantitative estimate of drug-likeness (QED) is 0.847. The number of aromatic nitrogens is 4. The predicted molar refractivity (Wildman–Crippen MR) is 68.7 cm³/mol. The van der Waals surface area contributed by atoms with Crippen LogP contribution in [-0.2, 0) is 9.53 Å². The Labute approximate surface area is 115 Å². The molecule has 1 N–H and O–H groups in total. The van der Waals surface area contributed by atoms with Crippen LogP contribution in [-0.4, -0.2) is 33.2 Å². The van der Waals surface area contributed by atoms with E-state index in [0.717, 1.165) is 5.56 Å². The SMILES string of the molecule is CCOC(=O)CC(c1cccc(Cl)c1)c1nn[nH]n1. The Morgan fingerprint density at radius 2 is 2.37 bits per heavy atom. The molecule has 7 heteroatoms. The number of halogens is 1. The van der Waals surface area contributed by atoms with Crippen molar-refractivity contribution in [2.75, 3.05) is 6.61 Å². The van der Waals surface area contributed by atoms with E-state index in [-0.39, 0.29) is 18.3 Å². The van der Waals surface area contributed by atoms with Gasteiger partial charge in [0.25, 0.3) is 0 Å². The second-order valence-corrected chi connectivity index (χ2v) is 4.32. The van der Waals surface area contributed by atoms with E-state index >= 15 is 0 Å². The van der Waals surface area contributed by atoms with Gasteiger partial charge in [-0.3, -0.25) is 4.79 Å². The summed E-state index contributed by atoms with van der Waals surface area (Å²) in [6, 6.07) is 7.23. The van der Waals surface area contributed by atoms with Crippen molar-refractivity contribution >= 4 is 17.6 Å². The van der Waals surface area contributed by atoms with E-state index in [1.54, 1.807) is 19.1 Å². The monoisotopic (exact) mass is 280 g/mol. The summed E-state index contributed by atoms with van der Waals surface area (Å²) in [6.07, 6.45) is 0.147. The van der Waals surface area contributed by atoms with Crippen molar-refractivity contribution in [1.29, 1.82) is 0 Å². The molecular formula is C12H13ClN4O2. The number of carbonyl (C=O) groups excluding carboxylic acids is 1. The number of H-pyrrole nitrogens is 1. The third kappa shape index (κ3) is 3.51. The van der Waals surface area contributed by atoms with Gasteiger partial charge in [-0.2, -0.15) is 5.21 Å².